The molecular weight excluding hydrogens is 84.8 g/mol. The van der Waals surface area contributed by atoms with Crippen LogP contribution in [0.5, 0.6) is 0 Å². The molecule has 2 atom stereocenters. The van der Waals surface area contributed by atoms with Crippen LogP contribution in [0.25, 0.3) is 0 Å². The Bertz CT molecular complexity index is 10.8. The molecule has 0 bridgehead atoms. The summed E-state index contributed by atoms with van der Waals surface area (Å²) in [5.41, 5.74) is 0. The third-order valence-corrected chi connectivity index (χ3v) is 0. The third-order valence-electron chi connectivity index (χ3n) is 0. The average molecular weight is 91.8 g/mol. The van der Waals surface area contributed by atoms with Crippen molar-refractivity contribution in [1.82, 2.24) is 0 Å². The van der Waals surface area contributed by atoms with Gasteiger partial charge in [0.15, 0.2) is 6.15 Å². The highest BCUT2D eigenvalue weighted by molar-refractivity contribution is 7.93. The maximum absolute atomic E-state index is 2.62. The Balaban J connectivity index is 2.32. The molecule has 0 saturated carbocycles. The zero-order valence-corrected chi connectivity index (χ0v) is 5.04. The predicted octanol–water partition coefficient (Wildman–Crippen LogP) is 0.855. The smallest absolute Gasteiger partial charge is 0.166 e. The molecule has 0 amide bonds. The van der Waals surface area contributed by atoms with Gasteiger partial charge in [-0.15, -0.1) is 0 Å². The van der Waals surface area contributed by atoms with Gasteiger partial charge in [-0.2, -0.15) is 18.2 Å². The molecule has 0 aromatic rings. The lowest BCUT2D eigenvalue weighted by atomic mass is 10.2. The first-order chi connectivity index (χ1) is 1.73. The number of rotatable bonds is 0. The lowest BCUT2D eigenvalue weighted by molar-refractivity contribution is 2.36. The second-order valence-electron chi connectivity index (χ2n) is 0.859. The number of hydrogen-bond donors (Lipinski definition) is 0. The SMILES string of the molecule is CB(P)P. The molecule has 0 nitrogen and oxygen atoms in total. The fraction of sp³-hybridized carbons (Fsp3) is 1.00. The molecular formula is CH7BP2. The van der Waals surface area contributed by atoms with Crippen molar-refractivity contribution in [2.45, 2.75) is 6.82 Å². The monoisotopic (exact) mass is 92.0 g/mol. The van der Waals surface area contributed by atoms with E-state index in [1.54, 1.807) is 0 Å². The standard InChI is InChI=1S/CH7BP2/c1-2(3)4/h3-4H2,1H3. The molecule has 0 rings (SSSR count). The molecule has 0 aromatic heterocycles. The highest BCUT2D eigenvalue weighted by atomic mass is 31.1. The van der Waals surface area contributed by atoms with Gasteiger partial charge in [0.25, 0.3) is 0 Å². The van der Waals surface area contributed by atoms with E-state index in [1.165, 1.54) is 0 Å². The van der Waals surface area contributed by atoms with Crippen molar-refractivity contribution < 1.29 is 0 Å². The Morgan fingerprint density at radius 1 is 1.50 bits per heavy atom. The van der Waals surface area contributed by atoms with Crippen molar-refractivity contribution in [2.24, 2.45) is 0 Å². The van der Waals surface area contributed by atoms with E-state index in [0.29, 0.717) is 6.15 Å². The molecule has 0 radical (unpaired) electrons. The lowest BCUT2D eigenvalue weighted by Crippen LogP contribution is -1.69. The van der Waals surface area contributed by atoms with E-state index in [1.807, 2.05) is 0 Å². The highest BCUT2D eigenvalue weighted by Gasteiger charge is 1.76. The first-order valence-corrected chi connectivity index (χ1v) is 2.58. The largest absolute Gasteiger partial charge is 0.183 e. The molecule has 0 aliphatic carbocycles. The van der Waals surface area contributed by atoms with E-state index >= 15 is 0 Å². The van der Waals surface area contributed by atoms with Gasteiger partial charge in [0.05, 0.1) is 0 Å². The second-order valence-corrected chi connectivity index (χ2v) is 3.73. The van der Waals surface area contributed by atoms with Gasteiger partial charge in [-0.25, -0.2) is 0 Å². The quantitative estimate of drug-likeness (QED) is 0.307. The van der Waals surface area contributed by atoms with E-state index < -0.39 is 0 Å². The molecule has 0 aromatic carbocycles. The number of hydrogen-bond acceptors (Lipinski definition) is 0. The summed E-state index contributed by atoms with van der Waals surface area (Å²) in [5, 5.41) is 0. The Morgan fingerprint density at radius 2 is 1.50 bits per heavy atom. The van der Waals surface area contributed by atoms with Crippen LogP contribution < -0.4 is 0 Å². The molecule has 0 fully saturated rings. The zero-order chi connectivity index (χ0) is 3.58. The second kappa shape index (κ2) is 2.18. The molecule has 0 saturated heterocycles. The molecule has 4 heavy (non-hydrogen) atoms. The summed E-state index contributed by atoms with van der Waals surface area (Å²) in [7, 11) is 5.24. The van der Waals surface area contributed by atoms with Crippen LogP contribution >= 0.6 is 18.2 Å². The average Bonchev–Trinajstić information content (AvgIpc) is 0.811. The molecule has 3 heteroatoms. The van der Waals surface area contributed by atoms with Crippen LogP contribution in [0, 0.1) is 0 Å². The van der Waals surface area contributed by atoms with Gasteiger partial charge in [0, 0.05) is 0 Å². The molecule has 0 N–H and O–H groups in total. The fourth-order valence-corrected chi connectivity index (χ4v) is 0. The van der Waals surface area contributed by atoms with E-state index in [0.717, 1.165) is 0 Å². The van der Waals surface area contributed by atoms with Gasteiger partial charge in [-0.3, -0.25) is 0 Å². The lowest BCUT2D eigenvalue weighted by Gasteiger charge is -1.72. The van der Waals surface area contributed by atoms with Crippen LogP contribution in [0.1, 0.15) is 0 Å². The van der Waals surface area contributed by atoms with Crippen LogP contribution in [0.2, 0.25) is 6.82 Å². The highest BCUT2D eigenvalue weighted by Crippen LogP contribution is 1.98. The Kier molecular flexibility index (Phi) is 2.68. The minimum absolute atomic E-state index is 0.667. The van der Waals surface area contributed by atoms with Crippen molar-refractivity contribution in [2.75, 3.05) is 0 Å². The molecule has 24 valence electrons. The third kappa shape index (κ3) is 12.7. The molecule has 0 spiro atoms. The summed E-state index contributed by atoms with van der Waals surface area (Å²) >= 11 is 0. The predicted molar refractivity (Wildman–Crippen MR) is 31.0 cm³/mol. The fourth-order valence-electron chi connectivity index (χ4n) is 0. The van der Waals surface area contributed by atoms with Crippen molar-refractivity contribution in [1.29, 1.82) is 0 Å². The summed E-state index contributed by atoms with van der Waals surface area (Å²) in [6, 6.07) is 0. The van der Waals surface area contributed by atoms with Gasteiger partial charge in [0.2, 0.25) is 0 Å². The Morgan fingerprint density at radius 3 is 1.50 bits per heavy atom. The summed E-state index contributed by atoms with van der Waals surface area (Å²) in [6.45, 7) is 2.09. The van der Waals surface area contributed by atoms with Crippen molar-refractivity contribution >= 4 is 24.4 Å². The van der Waals surface area contributed by atoms with Crippen molar-refractivity contribution in [3.63, 3.8) is 0 Å². The first-order valence-electron chi connectivity index (χ1n) is 1.24. The van der Waals surface area contributed by atoms with Crippen LogP contribution in [0.3, 0.4) is 0 Å². The van der Waals surface area contributed by atoms with E-state index in [4.69, 9.17) is 0 Å². The Labute approximate surface area is 32.1 Å². The zero-order valence-electron chi connectivity index (χ0n) is 2.73. The topological polar surface area (TPSA) is 0 Å². The van der Waals surface area contributed by atoms with Crippen LogP contribution in [0.4, 0.5) is 0 Å². The minimum atomic E-state index is 0.667. The van der Waals surface area contributed by atoms with Gasteiger partial charge < -0.3 is 0 Å². The van der Waals surface area contributed by atoms with E-state index in [2.05, 4.69) is 25.1 Å². The first kappa shape index (κ1) is 4.92. The summed E-state index contributed by atoms with van der Waals surface area (Å²) in [4.78, 5) is 0. The molecule has 0 aliphatic heterocycles. The maximum Gasteiger partial charge on any atom is 0.183 e. The van der Waals surface area contributed by atoms with Crippen LogP contribution in [-0.4, -0.2) is 6.15 Å². The summed E-state index contributed by atoms with van der Waals surface area (Å²) in [5.74, 6) is 0. The van der Waals surface area contributed by atoms with Gasteiger partial charge in [-0.1, -0.05) is 6.82 Å². The minimum Gasteiger partial charge on any atom is -0.166 e. The normalized spacial score (nSPS) is 6.75. The van der Waals surface area contributed by atoms with Crippen LogP contribution in [0.15, 0.2) is 0 Å². The van der Waals surface area contributed by atoms with E-state index in [-0.39, 0.29) is 0 Å². The van der Waals surface area contributed by atoms with E-state index in [9.17, 15) is 0 Å². The summed E-state index contributed by atoms with van der Waals surface area (Å²) in [6.07, 6.45) is 0.667. The molecule has 2 unspecified atom stereocenters. The molecule has 0 aliphatic rings. The van der Waals surface area contributed by atoms with Gasteiger partial charge >= 0.3 is 0 Å². The molecule has 0 heterocycles. The Hall–Kier alpha value is 0.925. The maximum atomic E-state index is 2.62. The van der Waals surface area contributed by atoms with Crippen molar-refractivity contribution in [3.8, 4) is 0 Å². The van der Waals surface area contributed by atoms with Crippen LogP contribution in [-0.2, 0) is 0 Å². The van der Waals surface area contributed by atoms with Gasteiger partial charge in [0.1, 0.15) is 0 Å². The summed E-state index contributed by atoms with van der Waals surface area (Å²) < 4.78 is 0. The van der Waals surface area contributed by atoms with Gasteiger partial charge in [-0.05, 0) is 0 Å². The van der Waals surface area contributed by atoms with Crippen molar-refractivity contribution in [3.05, 3.63) is 0 Å².